The fourth-order valence-electron chi connectivity index (χ4n) is 4.59. The molecule has 37 heavy (non-hydrogen) atoms. The second-order valence-electron chi connectivity index (χ2n) is 9.62. The quantitative estimate of drug-likeness (QED) is 0.357. The van der Waals surface area contributed by atoms with E-state index in [4.69, 9.17) is 9.26 Å². The van der Waals surface area contributed by atoms with Gasteiger partial charge in [0.25, 0.3) is 0 Å². The number of aryl methyl sites for hydroxylation is 1. The summed E-state index contributed by atoms with van der Waals surface area (Å²) in [4.78, 5) is 12.3. The lowest BCUT2D eigenvalue weighted by molar-refractivity contribution is 0.135. The van der Waals surface area contributed by atoms with Crippen LogP contribution in [0.1, 0.15) is 63.1 Å². The molecule has 3 aromatic heterocycles. The number of hydrogen-bond acceptors (Lipinski definition) is 9. The minimum atomic E-state index is -3.94. The SMILES string of the molecule is CC(C)c1noc(C2CCC(Oc3ncnc4c(-c5cc(F)c(S(C)(=O)=O)cc5F)n(C)nc34)CC2)n1. The van der Waals surface area contributed by atoms with Crippen LogP contribution in [-0.4, -0.2) is 50.7 Å². The second-order valence-corrected chi connectivity index (χ2v) is 11.6. The van der Waals surface area contributed by atoms with Gasteiger partial charge in [0, 0.05) is 30.7 Å². The van der Waals surface area contributed by atoms with Crippen molar-refractivity contribution in [2.24, 2.45) is 7.05 Å². The number of rotatable bonds is 6. The van der Waals surface area contributed by atoms with E-state index < -0.39 is 26.4 Å². The number of ether oxygens (including phenoxy) is 1. The number of sulfone groups is 1. The van der Waals surface area contributed by atoms with Crippen LogP contribution in [0.25, 0.3) is 22.3 Å². The molecule has 0 saturated heterocycles. The molecular formula is C24H26F2N6O4S. The summed E-state index contributed by atoms with van der Waals surface area (Å²) in [5.41, 5.74) is 0.575. The molecule has 1 aliphatic carbocycles. The number of aromatic nitrogens is 6. The van der Waals surface area contributed by atoms with Crippen molar-refractivity contribution in [3.63, 3.8) is 0 Å². The van der Waals surface area contributed by atoms with Crippen LogP contribution in [0.2, 0.25) is 0 Å². The molecule has 0 aliphatic heterocycles. The summed E-state index contributed by atoms with van der Waals surface area (Å²) < 4.78 is 66.1. The van der Waals surface area contributed by atoms with Crippen LogP contribution < -0.4 is 4.74 Å². The van der Waals surface area contributed by atoms with Gasteiger partial charge in [-0.2, -0.15) is 15.1 Å². The monoisotopic (exact) mass is 532 g/mol. The average molecular weight is 533 g/mol. The predicted molar refractivity (Wildman–Crippen MR) is 129 cm³/mol. The van der Waals surface area contributed by atoms with E-state index in [0.29, 0.717) is 23.3 Å². The van der Waals surface area contributed by atoms with Gasteiger partial charge in [0.1, 0.15) is 34.5 Å². The van der Waals surface area contributed by atoms with Crippen LogP contribution in [0, 0.1) is 11.6 Å². The standard InChI is InChI=1S/C24H26F2N6O4S/c1-12(2)22-29-23(36-31-22)13-5-7-14(8-6-13)35-24-20-19(27-11-28-24)21(32(3)30-20)15-9-17(26)18(10-16(15)25)37(4,33)34/h9-14H,5-8H2,1-4H3. The molecule has 0 amide bonds. The van der Waals surface area contributed by atoms with E-state index >= 15 is 0 Å². The summed E-state index contributed by atoms with van der Waals surface area (Å²) >= 11 is 0. The van der Waals surface area contributed by atoms with Crippen LogP contribution in [-0.2, 0) is 16.9 Å². The van der Waals surface area contributed by atoms with Crippen LogP contribution in [0.4, 0.5) is 8.78 Å². The molecule has 0 unspecified atom stereocenters. The van der Waals surface area contributed by atoms with Gasteiger partial charge in [-0.05, 0) is 37.8 Å². The van der Waals surface area contributed by atoms with Gasteiger partial charge in [0.05, 0.1) is 5.69 Å². The molecule has 0 atom stereocenters. The number of halogens is 2. The highest BCUT2D eigenvalue weighted by Crippen LogP contribution is 2.37. The maximum absolute atomic E-state index is 15.0. The molecule has 1 aromatic carbocycles. The molecule has 1 aliphatic rings. The zero-order valence-electron chi connectivity index (χ0n) is 20.8. The Bertz CT molecular complexity index is 1580. The summed E-state index contributed by atoms with van der Waals surface area (Å²) in [6, 6.07) is 1.51. The molecule has 10 nitrogen and oxygen atoms in total. The number of hydrogen-bond donors (Lipinski definition) is 0. The fourth-order valence-corrected chi connectivity index (χ4v) is 5.33. The highest BCUT2D eigenvalue weighted by Gasteiger charge is 2.29. The Labute approximate surface area is 212 Å². The zero-order valence-corrected chi connectivity index (χ0v) is 21.6. The topological polar surface area (TPSA) is 126 Å². The Kier molecular flexibility index (Phi) is 6.42. The first-order valence-corrected chi connectivity index (χ1v) is 13.8. The van der Waals surface area contributed by atoms with E-state index in [-0.39, 0.29) is 40.6 Å². The van der Waals surface area contributed by atoms with E-state index in [2.05, 4.69) is 25.2 Å². The predicted octanol–water partition coefficient (Wildman–Crippen LogP) is 4.32. The maximum atomic E-state index is 15.0. The van der Waals surface area contributed by atoms with Crippen molar-refractivity contribution < 1.29 is 26.5 Å². The minimum absolute atomic E-state index is 0.129. The van der Waals surface area contributed by atoms with Gasteiger partial charge in [-0.25, -0.2) is 22.2 Å². The second kappa shape index (κ2) is 9.43. The van der Waals surface area contributed by atoms with E-state index in [0.717, 1.165) is 38.0 Å². The van der Waals surface area contributed by atoms with Crippen LogP contribution in [0.3, 0.4) is 0 Å². The Hall–Kier alpha value is -3.48. The lowest BCUT2D eigenvalue weighted by Crippen LogP contribution is -2.24. The summed E-state index contributed by atoms with van der Waals surface area (Å²) in [5, 5.41) is 8.46. The number of benzene rings is 1. The molecule has 3 heterocycles. The molecular weight excluding hydrogens is 506 g/mol. The van der Waals surface area contributed by atoms with Crippen molar-refractivity contribution in [2.75, 3.05) is 6.26 Å². The molecule has 0 bridgehead atoms. The Morgan fingerprint density at radius 2 is 1.81 bits per heavy atom. The summed E-state index contributed by atoms with van der Waals surface area (Å²) in [7, 11) is -2.38. The Morgan fingerprint density at radius 3 is 2.46 bits per heavy atom. The molecule has 196 valence electrons. The number of fused-ring (bicyclic) bond motifs is 1. The van der Waals surface area contributed by atoms with Gasteiger partial charge >= 0.3 is 0 Å². The highest BCUT2D eigenvalue weighted by molar-refractivity contribution is 7.90. The Morgan fingerprint density at radius 1 is 1.08 bits per heavy atom. The third-order valence-electron chi connectivity index (χ3n) is 6.54. The lowest BCUT2D eigenvalue weighted by atomic mass is 9.87. The van der Waals surface area contributed by atoms with Gasteiger partial charge in [0.15, 0.2) is 21.2 Å². The first kappa shape index (κ1) is 25.2. The van der Waals surface area contributed by atoms with Gasteiger partial charge in [-0.1, -0.05) is 19.0 Å². The van der Waals surface area contributed by atoms with E-state index in [9.17, 15) is 17.2 Å². The lowest BCUT2D eigenvalue weighted by Gasteiger charge is -2.26. The van der Waals surface area contributed by atoms with Gasteiger partial charge in [-0.15, -0.1) is 0 Å². The van der Waals surface area contributed by atoms with Crippen molar-refractivity contribution >= 4 is 20.9 Å². The van der Waals surface area contributed by atoms with Crippen LogP contribution >= 0.6 is 0 Å². The average Bonchev–Trinajstić information content (AvgIpc) is 3.46. The smallest absolute Gasteiger partial charge is 0.245 e. The first-order valence-electron chi connectivity index (χ1n) is 11.9. The van der Waals surface area contributed by atoms with Crippen molar-refractivity contribution in [1.29, 1.82) is 0 Å². The third kappa shape index (κ3) is 4.79. The summed E-state index contributed by atoms with van der Waals surface area (Å²) in [6.07, 6.45) is 5.06. The Balaban J connectivity index is 1.39. The van der Waals surface area contributed by atoms with Crippen molar-refractivity contribution in [2.45, 2.75) is 62.4 Å². The molecule has 0 radical (unpaired) electrons. The zero-order chi connectivity index (χ0) is 26.5. The third-order valence-corrected chi connectivity index (χ3v) is 7.65. The molecule has 0 spiro atoms. The maximum Gasteiger partial charge on any atom is 0.245 e. The van der Waals surface area contributed by atoms with Gasteiger partial charge in [0.2, 0.25) is 11.8 Å². The summed E-state index contributed by atoms with van der Waals surface area (Å²) in [5.74, 6) is -0.0151. The van der Waals surface area contributed by atoms with Crippen LogP contribution in [0.5, 0.6) is 5.88 Å². The summed E-state index contributed by atoms with van der Waals surface area (Å²) in [6.45, 7) is 4.03. The van der Waals surface area contributed by atoms with Crippen LogP contribution in [0.15, 0.2) is 27.9 Å². The molecule has 13 heteroatoms. The van der Waals surface area contributed by atoms with E-state index in [1.807, 2.05) is 13.8 Å². The molecule has 4 aromatic rings. The molecule has 5 rings (SSSR count). The first-order chi connectivity index (χ1) is 17.5. The fraction of sp³-hybridized carbons (Fsp3) is 0.458. The largest absolute Gasteiger partial charge is 0.473 e. The minimum Gasteiger partial charge on any atom is -0.473 e. The van der Waals surface area contributed by atoms with E-state index in [1.165, 1.54) is 11.0 Å². The van der Waals surface area contributed by atoms with E-state index in [1.54, 1.807) is 7.05 Å². The van der Waals surface area contributed by atoms with Crippen molar-refractivity contribution in [3.8, 4) is 17.1 Å². The molecule has 0 N–H and O–H groups in total. The van der Waals surface area contributed by atoms with Gasteiger partial charge < -0.3 is 9.26 Å². The number of nitrogens with zero attached hydrogens (tertiary/aromatic N) is 6. The van der Waals surface area contributed by atoms with Gasteiger partial charge in [-0.3, -0.25) is 4.68 Å². The normalized spacial score (nSPS) is 18.6. The van der Waals surface area contributed by atoms with Crippen molar-refractivity contribution in [1.82, 2.24) is 29.9 Å². The molecule has 1 fully saturated rings. The molecule has 1 saturated carbocycles. The highest BCUT2D eigenvalue weighted by atomic mass is 32.2. The van der Waals surface area contributed by atoms with Crippen molar-refractivity contribution in [3.05, 3.63) is 41.8 Å².